The number of carbonyl (C=O) groups excluding carboxylic acids is 3. The summed E-state index contributed by atoms with van der Waals surface area (Å²) in [6, 6.07) is 20.4. The van der Waals surface area contributed by atoms with E-state index in [2.05, 4.69) is 21.2 Å². The summed E-state index contributed by atoms with van der Waals surface area (Å²) in [5.74, 6) is -0.500. The number of hydrogen-bond acceptors (Lipinski definition) is 4. The number of nitrogens with one attached hydrogen (secondary N) is 1. The summed E-state index contributed by atoms with van der Waals surface area (Å²) >= 11 is 3.35. The molecule has 0 aliphatic carbocycles. The summed E-state index contributed by atoms with van der Waals surface area (Å²) < 4.78 is 6.28. The number of rotatable bonds is 8. The molecular formula is C23H19BrN2O4. The Kier molecular flexibility index (Phi) is 6.98. The van der Waals surface area contributed by atoms with E-state index in [1.54, 1.807) is 72.8 Å². The van der Waals surface area contributed by atoms with Gasteiger partial charge in [-0.25, -0.2) is 0 Å². The van der Waals surface area contributed by atoms with Crippen LogP contribution in [0.3, 0.4) is 0 Å². The smallest absolute Gasteiger partial charge is 0.256 e. The largest absolute Gasteiger partial charge is 0.493 e. The maximum absolute atomic E-state index is 12.9. The number of amides is 2. The number of benzene rings is 3. The lowest BCUT2D eigenvalue weighted by Crippen LogP contribution is -2.17. The molecule has 0 saturated heterocycles. The summed E-state index contributed by atoms with van der Waals surface area (Å²) in [5, 5.41) is 2.79. The van der Waals surface area contributed by atoms with Crippen LogP contribution in [-0.4, -0.2) is 24.2 Å². The van der Waals surface area contributed by atoms with Crippen LogP contribution in [0.15, 0.2) is 77.3 Å². The van der Waals surface area contributed by atoms with Gasteiger partial charge >= 0.3 is 0 Å². The first kappa shape index (κ1) is 21.3. The minimum atomic E-state index is -0.435. The predicted molar refractivity (Wildman–Crippen MR) is 118 cm³/mol. The van der Waals surface area contributed by atoms with Crippen molar-refractivity contribution in [1.82, 2.24) is 0 Å². The third-order valence-corrected chi connectivity index (χ3v) is 4.78. The Bertz CT molecular complexity index is 1060. The molecule has 6 nitrogen and oxygen atoms in total. The van der Waals surface area contributed by atoms with Crippen molar-refractivity contribution in [2.24, 2.45) is 5.73 Å². The molecule has 0 aliphatic rings. The molecule has 0 aromatic heterocycles. The lowest BCUT2D eigenvalue weighted by atomic mass is 9.98. The zero-order valence-corrected chi connectivity index (χ0v) is 17.5. The second-order valence-corrected chi connectivity index (χ2v) is 7.34. The van der Waals surface area contributed by atoms with E-state index in [1.165, 1.54) is 0 Å². The molecule has 3 aromatic carbocycles. The van der Waals surface area contributed by atoms with Crippen molar-refractivity contribution in [3.8, 4) is 5.75 Å². The fourth-order valence-electron chi connectivity index (χ4n) is 2.74. The van der Waals surface area contributed by atoms with Crippen LogP contribution in [0.2, 0.25) is 0 Å². The summed E-state index contributed by atoms with van der Waals surface area (Å²) in [7, 11) is 0. The molecule has 30 heavy (non-hydrogen) atoms. The highest BCUT2D eigenvalue weighted by Crippen LogP contribution is 2.20. The van der Waals surface area contributed by atoms with Crippen molar-refractivity contribution in [3.63, 3.8) is 0 Å². The fraction of sp³-hybridized carbons (Fsp3) is 0.0870. The molecule has 0 radical (unpaired) electrons. The Morgan fingerprint density at radius 1 is 0.867 bits per heavy atom. The number of primary amides is 1. The van der Waals surface area contributed by atoms with Crippen molar-refractivity contribution in [1.29, 1.82) is 0 Å². The van der Waals surface area contributed by atoms with Crippen molar-refractivity contribution >= 4 is 39.2 Å². The minimum absolute atomic E-state index is 0.127. The van der Waals surface area contributed by atoms with E-state index in [0.29, 0.717) is 22.6 Å². The van der Waals surface area contributed by atoms with E-state index in [4.69, 9.17) is 10.5 Å². The van der Waals surface area contributed by atoms with Gasteiger partial charge in [0, 0.05) is 21.3 Å². The third kappa shape index (κ3) is 5.55. The quantitative estimate of drug-likeness (QED) is 0.486. The summed E-state index contributed by atoms with van der Waals surface area (Å²) in [6.07, 6.45) is 0.127. The molecule has 152 valence electrons. The molecule has 3 N–H and O–H groups in total. The van der Waals surface area contributed by atoms with Gasteiger partial charge in [0.2, 0.25) is 5.91 Å². The van der Waals surface area contributed by atoms with Gasteiger partial charge in [0.15, 0.2) is 5.78 Å². The van der Waals surface area contributed by atoms with E-state index < -0.39 is 11.8 Å². The van der Waals surface area contributed by atoms with Gasteiger partial charge in [-0.05, 0) is 54.6 Å². The lowest BCUT2D eigenvalue weighted by Gasteiger charge is -2.11. The zero-order chi connectivity index (χ0) is 21.5. The average molecular weight is 467 g/mol. The average Bonchev–Trinajstić information content (AvgIpc) is 2.75. The van der Waals surface area contributed by atoms with Gasteiger partial charge in [0.05, 0.1) is 18.6 Å². The Labute approximate surface area is 182 Å². The molecule has 3 aromatic rings. The molecule has 0 heterocycles. The molecule has 2 amide bonds. The van der Waals surface area contributed by atoms with Crippen LogP contribution >= 0.6 is 15.9 Å². The van der Waals surface area contributed by atoms with Crippen LogP contribution < -0.4 is 15.8 Å². The van der Waals surface area contributed by atoms with Gasteiger partial charge in [-0.2, -0.15) is 0 Å². The molecular weight excluding hydrogens is 448 g/mol. The molecule has 3 rings (SSSR count). The van der Waals surface area contributed by atoms with E-state index >= 15 is 0 Å². The van der Waals surface area contributed by atoms with Gasteiger partial charge in [0.25, 0.3) is 5.91 Å². The van der Waals surface area contributed by atoms with Crippen LogP contribution in [0.4, 0.5) is 5.69 Å². The lowest BCUT2D eigenvalue weighted by molar-refractivity contribution is -0.118. The van der Waals surface area contributed by atoms with E-state index in [0.717, 1.165) is 4.47 Å². The number of ether oxygens (including phenoxy) is 1. The Morgan fingerprint density at radius 2 is 1.50 bits per heavy atom. The summed E-state index contributed by atoms with van der Waals surface area (Å²) in [6.45, 7) is 0.187. The Balaban J connectivity index is 1.72. The Morgan fingerprint density at radius 3 is 2.13 bits per heavy atom. The zero-order valence-electron chi connectivity index (χ0n) is 15.9. The van der Waals surface area contributed by atoms with Gasteiger partial charge in [-0.1, -0.05) is 34.1 Å². The van der Waals surface area contributed by atoms with Crippen molar-refractivity contribution in [3.05, 3.63) is 94.0 Å². The van der Waals surface area contributed by atoms with Crippen LogP contribution in [-0.2, 0) is 4.79 Å². The van der Waals surface area contributed by atoms with Crippen molar-refractivity contribution in [2.75, 3.05) is 11.9 Å². The van der Waals surface area contributed by atoms with E-state index in [1.807, 2.05) is 0 Å². The highest BCUT2D eigenvalue weighted by molar-refractivity contribution is 9.10. The van der Waals surface area contributed by atoms with Crippen LogP contribution in [0, 0.1) is 0 Å². The SMILES string of the molecule is NC(=O)CCOc1ccc(NC(=O)c2ccccc2C(=O)c2ccc(Br)cc2)cc1. The van der Waals surface area contributed by atoms with Gasteiger partial charge in [-0.3, -0.25) is 14.4 Å². The molecule has 0 fully saturated rings. The summed E-state index contributed by atoms with van der Waals surface area (Å²) in [5.41, 5.74) is 6.73. The van der Waals surface area contributed by atoms with Crippen molar-refractivity contribution < 1.29 is 19.1 Å². The topological polar surface area (TPSA) is 98.5 Å². The van der Waals surface area contributed by atoms with E-state index in [-0.39, 0.29) is 24.4 Å². The molecule has 0 spiro atoms. The fourth-order valence-corrected chi connectivity index (χ4v) is 3.00. The second kappa shape index (κ2) is 9.84. The van der Waals surface area contributed by atoms with Gasteiger partial charge in [-0.15, -0.1) is 0 Å². The predicted octanol–water partition coefficient (Wildman–Crippen LogP) is 4.19. The van der Waals surface area contributed by atoms with Gasteiger partial charge < -0.3 is 15.8 Å². The maximum atomic E-state index is 12.9. The normalized spacial score (nSPS) is 10.3. The minimum Gasteiger partial charge on any atom is -0.493 e. The van der Waals surface area contributed by atoms with Crippen LogP contribution in [0.25, 0.3) is 0 Å². The first-order valence-corrected chi connectivity index (χ1v) is 9.95. The molecule has 0 bridgehead atoms. The monoisotopic (exact) mass is 466 g/mol. The molecule has 0 atom stereocenters. The first-order chi connectivity index (χ1) is 14.4. The number of anilines is 1. The standard InChI is InChI=1S/C23H19BrN2O4/c24-16-7-5-15(6-8-16)22(28)19-3-1-2-4-20(19)23(29)26-17-9-11-18(12-10-17)30-14-13-21(25)27/h1-12H,13-14H2,(H2,25,27)(H,26,29). The number of ketones is 1. The number of nitrogens with two attached hydrogens (primary N) is 1. The third-order valence-electron chi connectivity index (χ3n) is 4.25. The number of carbonyl (C=O) groups is 3. The van der Waals surface area contributed by atoms with E-state index in [9.17, 15) is 14.4 Å². The van der Waals surface area contributed by atoms with Gasteiger partial charge in [0.1, 0.15) is 5.75 Å². The number of halogens is 1. The molecule has 0 aliphatic heterocycles. The van der Waals surface area contributed by atoms with Crippen LogP contribution in [0.5, 0.6) is 5.75 Å². The highest BCUT2D eigenvalue weighted by atomic mass is 79.9. The second-order valence-electron chi connectivity index (χ2n) is 6.42. The number of hydrogen-bond donors (Lipinski definition) is 2. The van der Waals surface area contributed by atoms with Crippen molar-refractivity contribution in [2.45, 2.75) is 6.42 Å². The van der Waals surface area contributed by atoms with Crippen LogP contribution in [0.1, 0.15) is 32.7 Å². The summed E-state index contributed by atoms with van der Waals surface area (Å²) in [4.78, 5) is 36.4. The first-order valence-electron chi connectivity index (χ1n) is 9.16. The molecule has 0 saturated carbocycles. The Hall–Kier alpha value is -3.45. The highest BCUT2D eigenvalue weighted by Gasteiger charge is 2.18. The maximum Gasteiger partial charge on any atom is 0.256 e. The molecule has 7 heteroatoms. The molecule has 0 unspecified atom stereocenters.